The molecule has 0 heterocycles. The molecule has 9 rings (SSSR count). The van der Waals surface area contributed by atoms with Gasteiger partial charge in [0.25, 0.3) is 0 Å². The predicted molar refractivity (Wildman–Crippen MR) is 191 cm³/mol. The zero-order valence-corrected chi connectivity index (χ0v) is 29.0. The maximum absolute atomic E-state index is 12.8. The third kappa shape index (κ3) is 4.69. The number of carbonyl (C=O) groups excluding carboxylic acids is 1. The third-order valence-corrected chi connectivity index (χ3v) is 13.6. The van der Waals surface area contributed by atoms with Crippen molar-refractivity contribution in [2.45, 2.75) is 107 Å². The molecule has 4 fully saturated rings. The summed E-state index contributed by atoms with van der Waals surface area (Å²) < 4.78 is 5.54. The van der Waals surface area contributed by atoms with Crippen molar-refractivity contribution in [1.29, 1.82) is 0 Å². The average Bonchev–Trinajstić information content (AvgIpc) is 3.66. The van der Waals surface area contributed by atoms with Gasteiger partial charge in [-0.2, -0.15) is 0 Å². The Kier molecular flexibility index (Phi) is 7.52. The summed E-state index contributed by atoms with van der Waals surface area (Å²) in [5.74, 6) is -0.693. The lowest BCUT2D eigenvalue weighted by atomic mass is 9.63. The molecule has 7 nitrogen and oxygen atoms in total. The van der Waals surface area contributed by atoms with Crippen LogP contribution in [-0.4, -0.2) is 38.6 Å². The zero-order chi connectivity index (χ0) is 35.2. The summed E-state index contributed by atoms with van der Waals surface area (Å²) in [6.07, 6.45) is 5.41. The molecule has 0 radical (unpaired) electrons. The third-order valence-electron chi connectivity index (χ3n) is 13.6. The maximum Gasteiger partial charge on any atom is 0.407 e. The number of nitrogens with one attached hydrogen (secondary N) is 1. The first-order chi connectivity index (χ1) is 23.8. The van der Waals surface area contributed by atoms with E-state index in [9.17, 15) is 24.9 Å². The van der Waals surface area contributed by atoms with E-state index in [0.29, 0.717) is 31.6 Å². The van der Waals surface area contributed by atoms with Gasteiger partial charge in [-0.25, -0.2) is 4.79 Å². The highest BCUT2D eigenvalue weighted by Gasteiger charge is 2.67. The van der Waals surface area contributed by atoms with E-state index >= 15 is 0 Å². The maximum atomic E-state index is 12.8. The summed E-state index contributed by atoms with van der Waals surface area (Å²) in [5.41, 5.74) is 7.41. The first kappa shape index (κ1) is 33.0. The van der Waals surface area contributed by atoms with Crippen molar-refractivity contribution in [2.24, 2.45) is 10.8 Å². The van der Waals surface area contributed by atoms with E-state index in [1.807, 2.05) is 49.4 Å². The lowest BCUT2D eigenvalue weighted by Gasteiger charge is -2.42. The largest absolute Gasteiger partial charge is 0.481 e. The number of carbonyl (C=O) groups is 2. The van der Waals surface area contributed by atoms with E-state index in [2.05, 4.69) is 49.7 Å². The molecule has 7 heteroatoms. The fourth-order valence-corrected chi connectivity index (χ4v) is 11.5. The van der Waals surface area contributed by atoms with E-state index < -0.39 is 29.2 Å². The summed E-state index contributed by atoms with van der Waals surface area (Å²) in [7, 11) is 0. The van der Waals surface area contributed by atoms with Gasteiger partial charge in [-0.15, -0.1) is 0 Å². The number of hydrogen-bond donors (Lipinski definition) is 4. The van der Waals surface area contributed by atoms with Gasteiger partial charge in [0.05, 0.1) is 23.2 Å². The summed E-state index contributed by atoms with van der Waals surface area (Å²) in [5, 5.41) is 35.0. The number of aliphatic hydroxyl groups is 2. The molecule has 3 aromatic carbocycles. The van der Waals surface area contributed by atoms with Crippen molar-refractivity contribution >= 4 is 12.1 Å². The van der Waals surface area contributed by atoms with Crippen LogP contribution in [0.15, 0.2) is 91.0 Å². The molecule has 4 N–H and O–H groups in total. The number of carboxylic acids is 1. The number of aryl methyl sites for hydroxylation is 2. The van der Waals surface area contributed by atoms with E-state index in [4.69, 9.17) is 4.74 Å². The molecule has 4 saturated carbocycles. The number of rotatable bonds is 4. The molecule has 6 aliphatic rings. The van der Waals surface area contributed by atoms with Crippen molar-refractivity contribution in [3.05, 3.63) is 130 Å². The van der Waals surface area contributed by atoms with Crippen LogP contribution in [0.1, 0.15) is 114 Å². The van der Waals surface area contributed by atoms with Crippen LogP contribution < -0.4 is 5.32 Å². The second-order valence-corrected chi connectivity index (χ2v) is 16.2. The molecule has 6 aliphatic carbocycles. The van der Waals surface area contributed by atoms with Gasteiger partial charge in [0.15, 0.2) is 0 Å². The Morgan fingerprint density at radius 3 is 1.94 bits per heavy atom. The predicted octanol–water partition coefficient (Wildman–Crippen LogP) is 8.04. The van der Waals surface area contributed by atoms with Crippen molar-refractivity contribution < 1.29 is 29.6 Å². The van der Waals surface area contributed by atoms with Crippen LogP contribution in [0.5, 0.6) is 0 Å². The van der Waals surface area contributed by atoms with Gasteiger partial charge in [0.2, 0.25) is 0 Å². The van der Waals surface area contributed by atoms with Crippen LogP contribution in [0.25, 0.3) is 0 Å². The SMILES string of the molecule is C=C1C[C@]23C[C@@]1(O)CC[C@H]2c1cccc(C)c1[C@@H]3C(=O)O.C=C1C[C@]23C[C@@]1(O)CC[C@H]2c1cccc(C)c1[C@@H]3NC(=O)OCc1ccccc1. The Balaban J connectivity index is 0.000000152. The molecule has 3 aromatic rings. The molecule has 0 unspecified atom stereocenters. The first-order valence-electron chi connectivity index (χ1n) is 18.0. The summed E-state index contributed by atoms with van der Waals surface area (Å²) in [4.78, 5) is 24.8. The molecular weight excluding hydrogens is 626 g/mol. The van der Waals surface area contributed by atoms with Crippen LogP contribution in [0, 0.1) is 24.7 Å². The van der Waals surface area contributed by atoms with Crippen molar-refractivity contribution in [1.82, 2.24) is 5.32 Å². The van der Waals surface area contributed by atoms with Crippen LogP contribution in [-0.2, 0) is 16.1 Å². The molecule has 0 saturated heterocycles. The second kappa shape index (κ2) is 11.4. The van der Waals surface area contributed by atoms with E-state index in [-0.39, 0.29) is 29.4 Å². The minimum atomic E-state index is -0.847. The molecule has 0 aliphatic heterocycles. The topological polar surface area (TPSA) is 116 Å². The van der Waals surface area contributed by atoms with Crippen LogP contribution in [0.3, 0.4) is 0 Å². The quantitative estimate of drug-likeness (QED) is 0.208. The molecule has 8 atom stereocenters. The monoisotopic (exact) mass is 673 g/mol. The Morgan fingerprint density at radius 2 is 1.32 bits per heavy atom. The Hall–Kier alpha value is -4.20. The van der Waals surface area contributed by atoms with E-state index in [0.717, 1.165) is 53.5 Å². The molecule has 4 bridgehead atoms. The number of carboxylic acid groups (broad SMARTS) is 1. The summed E-state index contributed by atoms with van der Waals surface area (Å²) in [6, 6.07) is 22.0. The molecular formula is C43H47NO6. The van der Waals surface area contributed by atoms with Gasteiger partial charge in [0, 0.05) is 10.8 Å². The molecule has 1 amide bonds. The summed E-state index contributed by atoms with van der Waals surface area (Å²) in [6.45, 7) is 12.6. The minimum absolute atomic E-state index is 0.168. The summed E-state index contributed by atoms with van der Waals surface area (Å²) >= 11 is 0. The highest BCUT2D eigenvalue weighted by Crippen LogP contribution is 2.72. The Bertz CT molecular complexity index is 1940. The van der Waals surface area contributed by atoms with Crippen molar-refractivity contribution in [3.63, 3.8) is 0 Å². The zero-order valence-electron chi connectivity index (χ0n) is 29.0. The highest BCUT2D eigenvalue weighted by molar-refractivity contribution is 5.81. The van der Waals surface area contributed by atoms with Crippen LogP contribution >= 0.6 is 0 Å². The van der Waals surface area contributed by atoms with Gasteiger partial charge >= 0.3 is 12.1 Å². The molecule has 260 valence electrons. The van der Waals surface area contributed by atoms with Gasteiger partial charge in [0.1, 0.15) is 6.61 Å². The van der Waals surface area contributed by atoms with Crippen molar-refractivity contribution in [2.75, 3.05) is 0 Å². The number of aliphatic carboxylic acids is 1. The number of hydrogen-bond acceptors (Lipinski definition) is 5. The smallest absolute Gasteiger partial charge is 0.407 e. The van der Waals surface area contributed by atoms with E-state index in [1.54, 1.807) is 0 Å². The number of alkyl carbamates (subject to hydrolysis) is 1. The lowest BCUT2D eigenvalue weighted by molar-refractivity contribution is -0.143. The fourth-order valence-electron chi connectivity index (χ4n) is 11.5. The number of ether oxygens (including phenoxy) is 1. The molecule has 50 heavy (non-hydrogen) atoms. The Morgan fingerprint density at radius 1 is 0.780 bits per heavy atom. The van der Waals surface area contributed by atoms with Gasteiger partial charge in [-0.1, -0.05) is 79.9 Å². The van der Waals surface area contributed by atoms with Gasteiger partial charge in [-0.3, -0.25) is 4.79 Å². The second-order valence-electron chi connectivity index (χ2n) is 16.2. The number of amides is 1. The first-order valence-corrected chi connectivity index (χ1v) is 18.0. The fraction of sp³-hybridized carbons (Fsp3) is 0.442. The molecule has 0 aromatic heterocycles. The van der Waals surface area contributed by atoms with Crippen molar-refractivity contribution in [3.8, 4) is 0 Å². The lowest BCUT2D eigenvalue weighted by Crippen LogP contribution is -2.43. The van der Waals surface area contributed by atoms with E-state index in [1.165, 1.54) is 22.3 Å². The van der Waals surface area contributed by atoms with Gasteiger partial charge in [-0.05, 0) is 127 Å². The number of benzene rings is 3. The Labute approximate surface area is 294 Å². The molecule has 2 spiro atoms. The standard InChI is InChI=1S/C25H27NO3.C18H20O3/c1-16-7-6-10-19-20-11-12-25(28)15-24(20,13-17(25)2)22(21(16)19)26-23(27)29-14-18-8-4-3-5-9-18;1-10-4-3-5-12-13-6-7-18(21)9-17(13,8-11(18)2)15(14(10)12)16(19)20/h3-10,20,22,28H,2,11-15H2,1H3,(H,26,27);3-5,13,15,21H,2,6-9H2,1H3,(H,19,20)/t20-,22-,24-,25-;13-,15+,17-,18-/m00/s1. The minimum Gasteiger partial charge on any atom is -0.481 e. The normalized spacial score (nSPS) is 35.3. The highest BCUT2D eigenvalue weighted by atomic mass is 16.5. The number of fused-ring (bicyclic) bond motifs is 6. The van der Waals surface area contributed by atoms with Crippen LogP contribution in [0.4, 0.5) is 4.79 Å². The van der Waals surface area contributed by atoms with Gasteiger partial charge < -0.3 is 25.4 Å². The van der Waals surface area contributed by atoms with Crippen LogP contribution in [0.2, 0.25) is 0 Å². The average molecular weight is 674 g/mol.